The minimum atomic E-state index is -0.410. The molecule has 0 N–H and O–H groups in total. The molecule has 0 amide bonds. The van der Waals surface area contributed by atoms with Gasteiger partial charge >= 0.3 is 0 Å². The number of benzene rings is 1. The van der Waals surface area contributed by atoms with Gasteiger partial charge in [-0.25, -0.2) is 4.68 Å². The van der Waals surface area contributed by atoms with Crippen molar-refractivity contribution < 1.29 is 4.92 Å². The number of aryl methyl sites for hydroxylation is 1. The van der Waals surface area contributed by atoms with Crippen LogP contribution in [0.2, 0.25) is 0 Å². The number of nitrogens with zero attached hydrogens (tertiary/aromatic N) is 4. The van der Waals surface area contributed by atoms with Crippen LogP contribution >= 0.6 is 11.6 Å². The summed E-state index contributed by atoms with van der Waals surface area (Å²) < 4.78 is 1.55. The summed E-state index contributed by atoms with van der Waals surface area (Å²) in [5, 5.41) is 18.4. The van der Waals surface area contributed by atoms with Gasteiger partial charge in [0, 0.05) is 11.6 Å². The van der Waals surface area contributed by atoms with Crippen LogP contribution in [0.15, 0.2) is 24.4 Å². The zero-order valence-corrected chi connectivity index (χ0v) is 10.6. The van der Waals surface area contributed by atoms with E-state index in [0.717, 1.165) is 0 Å². The van der Waals surface area contributed by atoms with E-state index in [9.17, 15) is 10.1 Å². The van der Waals surface area contributed by atoms with Crippen molar-refractivity contribution in [2.24, 2.45) is 0 Å². The van der Waals surface area contributed by atoms with E-state index in [0.29, 0.717) is 16.9 Å². The second-order valence-electron chi connectivity index (χ2n) is 3.93. The highest BCUT2D eigenvalue weighted by Gasteiger charge is 2.12. The van der Waals surface area contributed by atoms with Gasteiger partial charge in [0.05, 0.1) is 22.2 Å². The highest BCUT2D eigenvalue weighted by atomic mass is 35.5. The van der Waals surface area contributed by atoms with Crippen molar-refractivity contribution in [1.29, 1.82) is 0 Å². The van der Waals surface area contributed by atoms with Crippen LogP contribution in [0.5, 0.6) is 0 Å². The van der Waals surface area contributed by atoms with Crippen molar-refractivity contribution in [2.45, 2.75) is 19.2 Å². The molecule has 1 heterocycles. The fourth-order valence-corrected chi connectivity index (χ4v) is 1.67. The van der Waals surface area contributed by atoms with Crippen LogP contribution < -0.4 is 0 Å². The van der Waals surface area contributed by atoms with Crippen LogP contribution in [0.3, 0.4) is 0 Å². The Morgan fingerprint density at radius 3 is 2.72 bits per heavy atom. The Hall–Kier alpha value is -1.95. The van der Waals surface area contributed by atoms with Crippen molar-refractivity contribution in [3.8, 4) is 5.69 Å². The number of rotatable bonds is 3. The molecule has 0 radical (unpaired) electrons. The van der Waals surface area contributed by atoms with E-state index in [1.807, 2.05) is 0 Å². The van der Waals surface area contributed by atoms with Gasteiger partial charge in [-0.1, -0.05) is 5.21 Å². The predicted molar refractivity (Wildman–Crippen MR) is 67.0 cm³/mol. The van der Waals surface area contributed by atoms with Gasteiger partial charge in [-0.15, -0.1) is 16.7 Å². The lowest BCUT2D eigenvalue weighted by Crippen LogP contribution is -1.98. The maximum Gasteiger partial charge on any atom is 0.272 e. The van der Waals surface area contributed by atoms with Crippen LogP contribution in [0.25, 0.3) is 5.69 Å². The van der Waals surface area contributed by atoms with E-state index in [-0.39, 0.29) is 11.1 Å². The largest absolute Gasteiger partial charge is 0.272 e. The first-order valence-electron chi connectivity index (χ1n) is 5.31. The summed E-state index contributed by atoms with van der Waals surface area (Å²) in [6.07, 6.45) is 1.71. The van der Waals surface area contributed by atoms with Crippen molar-refractivity contribution in [3.05, 3.63) is 45.8 Å². The highest BCUT2D eigenvalue weighted by Crippen LogP contribution is 2.22. The quantitative estimate of drug-likeness (QED) is 0.486. The van der Waals surface area contributed by atoms with Crippen molar-refractivity contribution in [1.82, 2.24) is 15.0 Å². The van der Waals surface area contributed by atoms with Crippen LogP contribution in [0.4, 0.5) is 5.69 Å². The smallest absolute Gasteiger partial charge is 0.258 e. The molecule has 1 atom stereocenters. The second kappa shape index (κ2) is 4.73. The molecule has 0 aliphatic carbocycles. The Kier molecular flexibility index (Phi) is 3.29. The maximum absolute atomic E-state index is 10.7. The number of alkyl halides is 1. The Bertz CT molecular complexity index is 594. The van der Waals surface area contributed by atoms with Gasteiger partial charge in [-0.3, -0.25) is 10.1 Å². The molecule has 0 fully saturated rings. The van der Waals surface area contributed by atoms with E-state index in [4.69, 9.17) is 11.6 Å². The molecule has 0 bridgehead atoms. The molecule has 2 aromatic rings. The summed E-state index contributed by atoms with van der Waals surface area (Å²) in [5.74, 6) is 0. The molecule has 1 aromatic heterocycles. The van der Waals surface area contributed by atoms with Gasteiger partial charge < -0.3 is 0 Å². The first kappa shape index (κ1) is 12.5. The summed E-state index contributed by atoms with van der Waals surface area (Å²) in [6.45, 7) is 3.49. The molecule has 18 heavy (non-hydrogen) atoms. The van der Waals surface area contributed by atoms with Gasteiger partial charge in [-0.2, -0.15) is 0 Å². The number of aromatic nitrogens is 3. The average Bonchev–Trinajstić information content (AvgIpc) is 2.77. The fraction of sp³-hybridized carbons (Fsp3) is 0.273. The monoisotopic (exact) mass is 266 g/mol. The third-order valence-corrected chi connectivity index (χ3v) is 2.78. The van der Waals surface area contributed by atoms with Gasteiger partial charge in [0.15, 0.2) is 0 Å². The number of nitro benzene ring substituents is 1. The number of nitro groups is 1. The lowest BCUT2D eigenvalue weighted by molar-refractivity contribution is -0.385. The fourth-order valence-electron chi connectivity index (χ4n) is 1.57. The predicted octanol–water partition coefficient (Wildman–Crippen LogP) is 2.78. The van der Waals surface area contributed by atoms with Gasteiger partial charge in [0.25, 0.3) is 5.69 Å². The van der Waals surface area contributed by atoms with Gasteiger partial charge in [0.1, 0.15) is 5.69 Å². The standard InChI is InChI=1S/C11H11ClN4O2/c1-7-5-9(3-4-11(7)16(17)18)15-6-10(8(2)12)13-14-15/h3-6,8H,1-2H3. The van der Waals surface area contributed by atoms with Crippen LogP contribution in [0, 0.1) is 17.0 Å². The summed E-state index contributed by atoms with van der Waals surface area (Å²) in [5.41, 5.74) is 2.04. The lowest BCUT2D eigenvalue weighted by atomic mass is 10.2. The molecule has 94 valence electrons. The molecule has 0 spiro atoms. The van der Waals surface area contributed by atoms with E-state index in [1.54, 1.807) is 36.9 Å². The molecule has 0 aliphatic rings. The Balaban J connectivity index is 2.39. The third-order valence-electron chi connectivity index (χ3n) is 2.56. The molecule has 2 rings (SSSR count). The summed E-state index contributed by atoms with van der Waals surface area (Å²) in [6, 6.07) is 4.77. The van der Waals surface area contributed by atoms with E-state index >= 15 is 0 Å². The zero-order valence-electron chi connectivity index (χ0n) is 9.87. The van der Waals surface area contributed by atoms with Crippen LogP contribution in [-0.2, 0) is 0 Å². The summed E-state index contributed by atoms with van der Waals surface area (Å²) >= 11 is 5.90. The first-order chi connectivity index (χ1) is 8.49. The molecule has 0 aliphatic heterocycles. The SMILES string of the molecule is Cc1cc(-n2cc(C(C)Cl)nn2)ccc1[N+](=O)[O-]. The molecule has 1 aromatic carbocycles. The maximum atomic E-state index is 10.7. The number of hydrogen-bond acceptors (Lipinski definition) is 4. The Morgan fingerprint density at radius 1 is 1.50 bits per heavy atom. The highest BCUT2D eigenvalue weighted by molar-refractivity contribution is 6.20. The normalized spacial score (nSPS) is 12.4. The molecule has 6 nitrogen and oxygen atoms in total. The van der Waals surface area contributed by atoms with E-state index < -0.39 is 4.92 Å². The number of hydrogen-bond donors (Lipinski definition) is 0. The Labute approximate surface area is 108 Å². The molecule has 1 unspecified atom stereocenters. The topological polar surface area (TPSA) is 73.8 Å². The van der Waals surface area contributed by atoms with Gasteiger partial charge in [-0.05, 0) is 26.0 Å². The third kappa shape index (κ3) is 2.33. The number of halogens is 1. The minimum absolute atomic E-state index is 0.0878. The molecule has 7 heteroatoms. The van der Waals surface area contributed by atoms with Crippen LogP contribution in [0.1, 0.15) is 23.6 Å². The summed E-state index contributed by atoms with van der Waals surface area (Å²) in [7, 11) is 0. The summed E-state index contributed by atoms with van der Waals surface area (Å²) in [4.78, 5) is 10.3. The van der Waals surface area contributed by atoms with Crippen molar-refractivity contribution in [2.75, 3.05) is 0 Å². The molecule has 0 saturated carbocycles. The molecular weight excluding hydrogens is 256 g/mol. The van der Waals surface area contributed by atoms with Crippen molar-refractivity contribution >= 4 is 17.3 Å². The zero-order chi connectivity index (χ0) is 13.3. The molecule has 0 saturated heterocycles. The second-order valence-corrected chi connectivity index (χ2v) is 4.59. The van der Waals surface area contributed by atoms with Gasteiger partial charge in [0.2, 0.25) is 0 Å². The van der Waals surface area contributed by atoms with Crippen LogP contribution in [-0.4, -0.2) is 19.9 Å². The Morgan fingerprint density at radius 2 is 2.22 bits per heavy atom. The average molecular weight is 267 g/mol. The lowest BCUT2D eigenvalue weighted by Gasteiger charge is -2.02. The van der Waals surface area contributed by atoms with E-state index in [1.165, 1.54) is 6.07 Å². The van der Waals surface area contributed by atoms with E-state index in [2.05, 4.69) is 10.3 Å². The first-order valence-corrected chi connectivity index (χ1v) is 5.74. The minimum Gasteiger partial charge on any atom is -0.258 e. The molecular formula is C11H11ClN4O2. The van der Waals surface area contributed by atoms with Crippen molar-refractivity contribution in [3.63, 3.8) is 0 Å².